The van der Waals surface area contributed by atoms with Crippen LogP contribution in [0.4, 0.5) is 8.78 Å². The van der Waals surface area contributed by atoms with Gasteiger partial charge in [0, 0.05) is 13.1 Å². The molecule has 2 heterocycles. The SMILES string of the molecule is O=S(=O)(c1c(F)cccc1F)N1CCC(Oc2nc3ccccc3o2)CC1. The van der Waals surface area contributed by atoms with Crippen molar-refractivity contribution in [1.29, 1.82) is 0 Å². The zero-order valence-electron chi connectivity index (χ0n) is 14.1. The van der Waals surface area contributed by atoms with Gasteiger partial charge in [0.1, 0.15) is 23.3 Å². The Labute approximate surface area is 154 Å². The van der Waals surface area contributed by atoms with Crippen LogP contribution in [-0.2, 0) is 10.0 Å². The number of piperidine rings is 1. The predicted octanol–water partition coefficient (Wildman–Crippen LogP) is 3.34. The average Bonchev–Trinajstić information content (AvgIpc) is 3.04. The molecule has 0 bridgehead atoms. The van der Waals surface area contributed by atoms with E-state index >= 15 is 0 Å². The topological polar surface area (TPSA) is 72.6 Å². The summed E-state index contributed by atoms with van der Waals surface area (Å²) in [4.78, 5) is 3.31. The zero-order valence-corrected chi connectivity index (χ0v) is 15.0. The lowest BCUT2D eigenvalue weighted by atomic mass is 10.1. The van der Waals surface area contributed by atoms with Gasteiger partial charge in [-0.25, -0.2) is 17.2 Å². The molecule has 9 heteroatoms. The number of fused-ring (bicyclic) bond motifs is 1. The van der Waals surface area contributed by atoms with E-state index in [-0.39, 0.29) is 25.3 Å². The predicted molar refractivity (Wildman–Crippen MR) is 92.8 cm³/mol. The largest absolute Gasteiger partial charge is 0.447 e. The normalized spacial score (nSPS) is 16.7. The van der Waals surface area contributed by atoms with Crippen molar-refractivity contribution in [2.24, 2.45) is 0 Å². The van der Waals surface area contributed by atoms with Crippen molar-refractivity contribution in [2.45, 2.75) is 23.8 Å². The second-order valence-electron chi connectivity index (χ2n) is 6.22. The molecule has 0 aliphatic carbocycles. The first-order valence-corrected chi connectivity index (χ1v) is 9.85. The lowest BCUT2D eigenvalue weighted by Crippen LogP contribution is -2.42. The molecule has 142 valence electrons. The molecular formula is C18H16F2N2O4S. The number of ether oxygens (including phenoxy) is 1. The maximum Gasteiger partial charge on any atom is 0.394 e. The molecule has 1 fully saturated rings. The van der Waals surface area contributed by atoms with E-state index in [0.29, 0.717) is 23.9 Å². The molecule has 0 saturated carbocycles. The van der Waals surface area contributed by atoms with Gasteiger partial charge in [0.25, 0.3) is 0 Å². The van der Waals surface area contributed by atoms with Crippen LogP contribution in [0.25, 0.3) is 11.1 Å². The summed E-state index contributed by atoms with van der Waals surface area (Å²) in [5.41, 5.74) is 1.27. The number of benzene rings is 2. The van der Waals surface area contributed by atoms with Crippen LogP contribution in [0.2, 0.25) is 0 Å². The van der Waals surface area contributed by atoms with Crippen LogP contribution in [-0.4, -0.2) is 36.9 Å². The van der Waals surface area contributed by atoms with Crippen molar-refractivity contribution in [3.05, 3.63) is 54.1 Å². The Morgan fingerprint density at radius 3 is 2.37 bits per heavy atom. The molecule has 0 radical (unpaired) electrons. The van der Waals surface area contributed by atoms with Crippen LogP contribution in [0.15, 0.2) is 51.8 Å². The minimum atomic E-state index is -4.25. The second kappa shape index (κ2) is 6.90. The van der Waals surface area contributed by atoms with Crippen molar-refractivity contribution in [3.8, 4) is 6.08 Å². The molecule has 0 N–H and O–H groups in total. The molecule has 2 aromatic carbocycles. The van der Waals surface area contributed by atoms with E-state index in [1.807, 2.05) is 12.1 Å². The number of halogens is 2. The maximum absolute atomic E-state index is 13.9. The molecule has 1 aliphatic heterocycles. The first kappa shape index (κ1) is 17.9. The van der Waals surface area contributed by atoms with Crippen molar-refractivity contribution >= 4 is 21.1 Å². The minimum Gasteiger partial charge on any atom is -0.447 e. The molecule has 0 amide bonds. The molecule has 3 aromatic rings. The second-order valence-corrected chi connectivity index (χ2v) is 8.09. The third-order valence-corrected chi connectivity index (χ3v) is 6.41. The van der Waals surface area contributed by atoms with Crippen LogP contribution in [0.1, 0.15) is 12.8 Å². The van der Waals surface area contributed by atoms with Crippen LogP contribution >= 0.6 is 0 Å². The number of nitrogens with zero attached hydrogens (tertiary/aromatic N) is 2. The molecule has 1 saturated heterocycles. The fourth-order valence-electron chi connectivity index (χ4n) is 3.09. The van der Waals surface area contributed by atoms with Crippen molar-refractivity contribution in [3.63, 3.8) is 0 Å². The van der Waals surface area contributed by atoms with Gasteiger partial charge in [-0.2, -0.15) is 9.29 Å². The number of hydrogen-bond acceptors (Lipinski definition) is 5. The van der Waals surface area contributed by atoms with E-state index in [1.165, 1.54) is 0 Å². The Morgan fingerprint density at radius 2 is 1.70 bits per heavy atom. The number of sulfonamides is 1. The fraction of sp³-hybridized carbons (Fsp3) is 0.278. The van der Waals surface area contributed by atoms with Crippen LogP contribution in [0, 0.1) is 11.6 Å². The van der Waals surface area contributed by atoms with Crippen molar-refractivity contribution in [1.82, 2.24) is 9.29 Å². The average molecular weight is 394 g/mol. The molecule has 6 nitrogen and oxygen atoms in total. The van der Waals surface area contributed by atoms with E-state index < -0.39 is 26.6 Å². The summed E-state index contributed by atoms with van der Waals surface area (Å²) in [6.07, 6.45) is 0.537. The lowest BCUT2D eigenvalue weighted by Gasteiger charge is -2.30. The highest BCUT2D eigenvalue weighted by molar-refractivity contribution is 7.89. The molecule has 0 spiro atoms. The Bertz CT molecular complexity index is 1020. The van der Waals surface area contributed by atoms with Gasteiger partial charge < -0.3 is 9.15 Å². The Hall–Kier alpha value is -2.52. The maximum atomic E-state index is 13.9. The van der Waals surface area contributed by atoms with E-state index in [9.17, 15) is 17.2 Å². The smallest absolute Gasteiger partial charge is 0.394 e. The van der Waals surface area contributed by atoms with E-state index in [2.05, 4.69) is 4.98 Å². The highest BCUT2D eigenvalue weighted by Crippen LogP contribution is 2.27. The van der Waals surface area contributed by atoms with Crippen LogP contribution in [0.3, 0.4) is 0 Å². The summed E-state index contributed by atoms with van der Waals surface area (Å²) in [6, 6.07) is 10.2. The van der Waals surface area contributed by atoms with Gasteiger partial charge >= 0.3 is 6.08 Å². The quantitative estimate of drug-likeness (QED) is 0.679. The zero-order chi connectivity index (χ0) is 19.0. The Balaban J connectivity index is 1.45. The monoisotopic (exact) mass is 394 g/mol. The summed E-state index contributed by atoms with van der Waals surface area (Å²) in [5.74, 6) is -2.19. The lowest BCUT2D eigenvalue weighted by molar-refractivity contribution is 0.102. The summed E-state index contributed by atoms with van der Waals surface area (Å²) in [5, 5.41) is 0. The van der Waals surface area contributed by atoms with Gasteiger partial charge in [0.05, 0.1) is 0 Å². The third kappa shape index (κ3) is 3.40. The summed E-state index contributed by atoms with van der Waals surface area (Å²) in [6.45, 7) is 0.169. The standard InChI is InChI=1S/C18H16F2N2O4S/c19-13-4-3-5-14(20)17(13)27(23,24)22-10-8-12(9-11-22)25-18-21-15-6-1-2-7-16(15)26-18/h1-7,12H,8-11H2. The molecule has 27 heavy (non-hydrogen) atoms. The van der Waals surface area contributed by atoms with E-state index in [4.69, 9.17) is 9.15 Å². The van der Waals surface area contributed by atoms with Gasteiger partial charge in [-0.1, -0.05) is 18.2 Å². The Kier molecular flexibility index (Phi) is 4.56. The summed E-state index contributed by atoms with van der Waals surface area (Å²) >= 11 is 0. The minimum absolute atomic E-state index is 0.0843. The summed E-state index contributed by atoms with van der Waals surface area (Å²) < 4.78 is 65.2. The third-order valence-electron chi connectivity index (χ3n) is 4.46. The number of rotatable bonds is 4. The number of hydrogen-bond donors (Lipinski definition) is 0. The first-order chi connectivity index (χ1) is 12.9. The van der Waals surface area contributed by atoms with Crippen LogP contribution < -0.4 is 4.74 Å². The molecular weight excluding hydrogens is 378 g/mol. The van der Waals surface area contributed by atoms with Gasteiger partial charge in [-0.3, -0.25) is 0 Å². The van der Waals surface area contributed by atoms with Crippen LogP contribution in [0.5, 0.6) is 6.08 Å². The molecule has 4 rings (SSSR count). The van der Waals surface area contributed by atoms with E-state index in [0.717, 1.165) is 22.5 Å². The van der Waals surface area contributed by atoms with Crippen molar-refractivity contribution < 1.29 is 26.4 Å². The highest BCUT2D eigenvalue weighted by Gasteiger charge is 2.34. The molecule has 1 aromatic heterocycles. The van der Waals surface area contributed by atoms with Gasteiger partial charge in [0.15, 0.2) is 10.5 Å². The Morgan fingerprint density at radius 1 is 1.04 bits per heavy atom. The molecule has 0 atom stereocenters. The van der Waals surface area contributed by atoms with E-state index in [1.54, 1.807) is 12.1 Å². The molecule has 1 aliphatic rings. The number of aromatic nitrogens is 1. The van der Waals surface area contributed by atoms with Crippen molar-refractivity contribution in [2.75, 3.05) is 13.1 Å². The summed E-state index contributed by atoms with van der Waals surface area (Å²) in [7, 11) is -4.25. The number of para-hydroxylation sites is 2. The number of oxazole rings is 1. The first-order valence-electron chi connectivity index (χ1n) is 8.41. The highest BCUT2D eigenvalue weighted by atomic mass is 32.2. The fourth-order valence-corrected chi connectivity index (χ4v) is 4.67. The van der Waals surface area contributed by atoms with Gasteiger partial charge in [-0.05, 0) is 37.1 Å². The molecule has 0 unspecified atom stereocenters. The van der Waals surface area contributed by atoms with Gasteiger partial charge in [-0.15, -0.1) is 0 Å². The van der Waals surface area contributed by atoms with Gasteiger partial charge in [0.2, 0.25) is 10.0 Å².